The van der Waals surface area contributed by atoms with Gasteiger partial charge in [-0.15, -0.1) is 0 Å². The molecule has 9 heteroatoms. The van der Waals surface area contributed by atoms with E-state index >= 15 is 0 Å². The molecule has 0 amide bonds. The standard InChI is InChI=1S/C14H18N6O2S/c1-18-5-7-19(8-6-18)12-4-3-11(9-13(12)20(21)22)17-14(23-2)16-10-15/h3-4,9H,5-8H2,1-2H3,(H,16,17). The number of nitro benzene ring substituents is 1. The molecule has 1 aliphatic rings. The number of benzene rings is 1. The van der Waals surface area contributed by atoms with Gasteiger partial charge in [-0.25, -0.2) is 4.99 Å². The fourth-order valence-electron chi connectivity index (χ4n) is 2.33. The van der Waals surface area contributed by atoms with Gasteiger partial charge in [0.15, 0.2) is 11.4 Å². The molecular formula is C14H18N6O2S. The van der Waals surface area contributed by atoms with Gasteiger partial charge in [0.25, 0.3) is 5.69 Å². The Labute approximate surface area is 138 Å². The van der Waals surface area contributed by atoms with Crippen molar-refractivity contribution < 1.29 is 4.92 Å². The third-order valence-corrected chi connectivity index (χ3v) is 4.17. The van der Waals surface area contributed by atoms with Crippen LogP contribution in [0.2, 0.25) is 0 Å². The van der Waals surface area contributed by atoms with Crippen LogP contribution in [0.1, 0.15) is 0 Å². The fourth-order valence-corrected chi connectivity index (χ4v) is 2.68. The first-order valence-corrected chi connectivity index (χ1v) is 8.27. The predicted molar refractivity (Wildman–Crippen MR) is 92.2 cm³/mol. The molecular weight excluding hydrogens is 316 g/mol. The highest BCUT2D eigenvalue weighted by atomic mass is 32.2. The molecule has 0 spiro atoms. The summed E-state index contributed by atoms with van der Waals surface area (Å²) in [4.78, 5) is 19.5. The zero-order valence-electron chi connectivity index (χ0n) is 13.0. The third kappa shape index (κ3) is 4.34. The van der Waals surface area contributed by atoms with Crippen LogP contribution >= 0.6 is 11.8 Å². The summed E-state index contributed by atoms with van der Waals surface area (Å²) in [6.07, 6.45) is 3.57. The molecule has 1 heterocycles. The van der Waals surface area contributed by atoms with E-state index < -0.39 is 0 Å². The zero-order valence-corrected chi connectivity index (χ0v) is 13.8. The van der Waals surface area contributed by atoms with Gasteiger partial charge in [-0.1, -0.05) is 11.8 Å². The smallest absolute Gasteiger partial charge is 0.294 e. The topological polar surface area (TPSA) is 97.8 Å². The Hall–Kier alpha value is -2.31. The Kier molecular flexibility index (Phi) is 5.78. The molecule has 1 N–H and O–H groups in total. The highest BCUT2D eigenvalue weighted by molar-refractivity contribution is 8.13. The zero-order chi connectivity index (χ0) is 16.8. The van der Waals surface area contributed by atoms with Crippen LogP contribution in [0, 0.1) is 21.6 Å². The lowest BCUT2D eigenvalue weighted by molar-refractivity contribution is -0.384. The van der Waals surface area contributed by atoms with Crippen molar-refractivity contribution in [3.63, 3.8) is 0 Å². The maximum absolute atomic E-state index is 11.4. The van der Waals surface area contributed by atoms with Crippen molar-refractivity contribution in [1.29, 1.82) is 5.26 Å². The lowest BCUT2D eigenvalue weighted by atomic mass is 10.2. The van der Waals surface area contributed by atoms with Crippen LogP contribution in [-0.4, -0.2) is 54.5 Å². The number of hydrogen-bond acceptors (Lipinski definition) is 7. The molecule has 1 aliphatic heterocycles. The van der Waals surface area contributed by atoms with E-state index in [4.69, 9.17) is 5.26 Å². The molecule has 1 aromatic carbocycles. The quantitative estimate of drug-likeness (QED) is 0.225. The van der Waals surface area contributed by atoms with E-state index in [-0.39, 0.29) is 10.6 Å². The molecule has 1 fully saturated rings. The van der Waals surface area contributed by atoms with Gasteiger partial charge < -0.3 is 9.80 Å². The molecule has 8 nitrogen and oxygen atoms in total. The molecule has 1 saturated heterocycles. The van der Waals surface area contributed by atoms with Gasteiger partial charge in [0.2, 0.25) is 0 Å². The number of nitrogens with one attached hydrogen (secondary N) is 1. The number of nitrogens with zero attached hydrogens (tertiary/aromatic N) is 5. The molecule has 2 rings (SSSR count). The third-order valence-electron chi connectivity index (χ3n) is 3.59. The number of rotatable bonds is 3. The molecule has 0 bridgehead atoms. The van der Waals surface area contributed by atoms with Crippen LogP contribution in [0.15, 0.2) is 23.2 Å². The van der Waals surface area contributed by atoms with E-state index in [0.29, 0.717) is 16.5 Å². The second-order valence-corrected chi connectivity index (χ2v) is 5.87. The van der Waals surface area contributed by atoms with Gasteiger partial charge in [-0.2, -0.15) is 5.26 Å². The summed E-state index contributed by atoms with van der Waals surface area (Å²) in [6.45, 7) is 3.26. The Morgan fingerprint density at radius 3 is 2.70 bits per heavy atom. The number of anilines is 1. The minimum absolute atomic E-state index is 0.0354. The molecule has 1 aromatic rings. The van der Waals surface area contributed by atoms with Gasteiger partial charge in [-0.3, -0.25) is 15.4 Å². The Balaban J connectivity index is 2.32. The maximum Gasteiger partial charge on any atom is 0.294 e. The lowest BCUT2D eigenvalue weighted by Crippen LogP contribution is -2.44. The first kappa shape index (κ1) is 17.1. The highest BCUT2D eigenvalue weighted by Gasteiger charge is 2.23. The number of likely N-dealkylation sites (N-methyl/N-ethyl adjacent to an activating group) is 1. The number of piperazine rings is 1. The molecule has 0 saturated carbocycles. The molecule has 0 aromatic heterocycles. The SMILES string of the molecule is CSC(=Nc1ccc(N2CCN(C)CC2)c([N+](=O)[O-])c1)NC#N. The molecule has 0 aliphatic carbocycles. The van der Waals surface area contributed by atoms with E-state index in [1.165, 1.54) is 17.8 Å². The minimum atomic E-state index is -0.386. The average Bonchev–Trinajstić information content (AvgIpc) is 2.55. The van der Waals surface area contributed by atoms with E-state index in [1.54, 1.807) is 24.6 Å². The van der Waals surface area contributed by atoms with Crippen molar-refractivity contribution in [3.8, 4) is 6.19 Å². The van der Waals surface area contributed by atoms with E-state index in [0.717, 1.165) is 26.2 Å². The monoisotopic (exact) mass is 334 g/mol. The van der Waals surface area contributed by atoms with Crippen LogP contribution in [-0.2, 0) is 0 Å². The largest absolute Gasteiger partial charge is 0.363 e. The Morgan fingerprint density at radius 2 is 2.13 bits per heavy atom. The number of hydrogen-bond donors (Lipinski definition) is 1. The number of nitriles is 1. The van der Waals surface area contributed by atoms with Gasteiger partial charge >= 0.3 is 0 Å². The van der Waals surface area contributed by atoms with E-state index in [1.807, 2.05) is 11.9 Å². The molecule has 122 valence electrons. The normalized spacial score (nSPS) is 16.0. The van der Waals surface area contributed by atoms with Gasteiger partial charge in [0.1, 0.15) is 5.69 Å². The van der Waals surface area contributed by atoms with Crippen molar-refractivity contribution >= 4 is 34.0 Å². The summed E-state index contributed by atoms with van der Waals surface area (Å²) in [5.41, 5.74) is 1.09. The number of amidine groups is 1. The van der Waals surface area contributed by atoms with Crippen molar-refractivity contribution in [2.75, 3.05) is 44.4 Å². The minimum Gasteiger partial charge on any atom is -0.363 e. The second kappa shape index (κ2) is 7.80. The fraction of sp³-hybridized carbons (Fsp3) is 0.429. The van der Waals surface area contributed by atoms with Crippen molar-refractivity contribution in [3.05, 3.63) is 28.3 Å². The van der Waals surface area contributed by atoms with Crippen molar-refractivity contribution in [2.24, 2.45) is 4.99 Å². The predicted octanol–water partition coefficient (Wildman–Crippen LogP) is 1.77. The molecule has 23 heavy (non-hydrogen) atoms. The summed E-state index contributed by atoms with van der Waals surface area (Å²) in [5, 5.41) is 22.9. The maximum atomic E-state index is 11.4. The number of aliphatic imine (C=N–C) groups is 1. The van der Waals surface area contributed by atoms with Crippen LogP contribution in [0.25, 0.3) is 0 Å². The summed E-state index contributed by atoms with van der Waals surface area (Å²) in [5.74, 6) is 0. The summed E-state index contributed by atoms with van der Waals surface area (Å²) in [6, 6.07) is 4.91. The van der Waals surface area contributed by atoms with Crippen LogP contribution < -0.4 is 10.2 Å². The molecule has 0 atom stereocenters. The highest BCUT2D eigenvalue weighted by Crippen LogP contribution is 2.33. The molecule has 0 radical (unpaired) electrons. The van der Waals surface area contributed by atoms with E-state index in [9.17, 15) is 10.1 Å². The first-order chi connectivity index (χ1) is 11.0. The van der Waals surface area contributed by atoms with Crippen molar-refractivity contribution in [2.45, 2.75) is 0 Å². The first-order valence-electron chi connectivity index (χ1n) is 7.05. The van der Waals surface area contributed by atoms with Crippen molar-refractivity contribution in [1.82, 2.24) is 10.2 Å². The van der Waals surface area contributed by atoms with Gasteiger partial charge in [0.05, 0.1) is 10.6 Å². The number of thioether (sulfide) groups is 1. The Bertz CT molecular complexity index is 649. The summed E-state index contributed by atoms with van der Waals surface area (Å²) in [7, 11) is 2.04. The Morgan fingerprint density at radius 1 is 1.43 bits per heavy atom. The summed E-state index contributed by atoms with van der Waals surface area (Å²) < 4.78 is 0. The lowest BCUT2D eigenvalue weighted by Gasteiger charge is -2.33. The second-order valence-electron chi connectivity index (χ2n) is 5.08. The molecule has 0 unspecified atom stereocenters. The van der Waals surface area contributed by atoms with E-state index in [2.05, 4.69) is 15.2 Å². The van der Waals surface area contributed by atoms with Gasteiger partial charge in [0, 0.05) is 32.2 Å². The van der Waals surface area contributed by atoms with Crippen LogP contribution in [0.5, 0.6) is 0 Å². The van der Waals surface area contributed by atoms with Crippen LogP contribution in [0.3, 0.4) is 0 Å². The van der Waals surface area contributed by atoms with Crippen LogP contribution in [0.4, 0.5) is 17.1 Å². The van der Waals surface area contributed by atoms with Gasteiger partial charge in [-0.05, 0) is 25.4 Å². The number of nitro groups is 1. The average molecular weight is 334 g/mol. The summed E-state index contributed by atoms with van der Waals surface area (Å²) >= 11 is 1.27.